The molecule has 0 radical (unpaired) electrons. The standard InChI is InChI=1S/C22H19FINOS/c1-22(14-24)18-10-11-27-19(18)21(26)25(13-15-6-3-2-4-7-15)20(22)16-8-5-9-17(23)12-16/h2-12,20H,13-14H2,1H3/t20-,22-/m1/s1. The highest BCUT2D eigenvalue weighted by Gasteiger charge is 2.48. The van der Waals surface area contributed by atoms with Gasteiger partial charge >= 0.3 is 0 Å². The summed E-state index contributed by atoms with van der Waals surface area (Å²) in [7, 11) is 0. The molecule has 5 heteroatoms. The number of benzene rings is 2. The molecule has 0 bridgehead atoms. The molecule has 3 aromatic rings. The molecule has 2 atom stereocenters. The van der Waals surface area contributed by atoms with E-state index in [9.17, 15) is 9.18 Å². The van der Waals surface area contributed by atoms with Gasteiger partial charge in [-0.25, -0.2) is 4.39 Å². The van der Waals surface area contributed by atoms with Gasteiger partial charge in [-0.3, -0.25) is 4.79 Å². The maximum atomic E-state index is 14.1. The Morgan fingerprint density at radius 1 is 1.15 bits per heavy atom. The second-order valence-corrected chi connectivity index (χ2v) is 8.77. The Balaban J connectivity index is 1.89. The van der Waals surface area contributed by atoms with Crippen molar-refractivity contribution in [2.45, 2.75) is 24.9 Å². The molecule has 0 saturated heterocycles. The first-order chi connectivity index (χ1) is 13.0. The van der Waals surface area contributed by atoms with Crippen molar-refractivity contribution < 1.29 is 9.18 Å². The van der Waals surface area contributed by atoms with E-state index in [0.717, 1.165) is 26.0 Å². The van der Waals surface area contributed by atoms with E-state index in [2.05, 4.69) is 35.6 Å². The first-order valence-electron chi connectivity index (χ1n) is 8.79. The van der Waals surface area contributed by atoms with Crippen molar-refractivity contribution in [1.29, 1.82) is 0 Å². The Morgan fingerprint density at radius 2 is 1.93 bits per heavy atom. The minimum Gasteiger partial charge on any atom is -0.326 e. The lowest BCUT2D eigenvalue weighted by Gasteiger charge is -2.47. The Kier molecular flexibility index (Phi) is 5.07. The predicted molar refractivity (Wildman–Crippen MR) is 116 cm³/mol. The van der Waals surface area contributed by atoms with Gasteiger partial charge in [0.25, 0.3) is 5.91 Å². The molecular weight excluding hydrogens is 472 g/mol. The van der Waals surface area contributed by atoms with Gasteiger partial charge in [0.15, 0.2) is 0 Å². The van der Waals surface area contributed by atoms with Crippen LogP contribution < -0.4 is 0 Å². The maximum absolute atomic E-state index is 14.1. The van der Waals surface area contributed by atoms with Gasteiger partial charge in [-0.1, -0.05) is 72.0 Å². The summed E-state index contributed by atoms with van der Waals surface area (Å²) in [5.74, 6) is -0.244. The summed E-state index contributed by atoms with van der Waals surface area (Å²) in [5.41, 5.74) is 2.70. The summed E-state index contributed by atoms with van der Waals surface area (Å²) in [5, 5.41) is 1.99. The molecule has 2 heterocycles. The second-order valence-electron chi connectivity index (χ2n) is 7.09. The minimum absolute atomic E-state index is 0.0282. The summed E-state index contributed by atoms with van der Waals surface area (Å²) in [6.45, 7) is 2.69. The fraction of sp³-hybridized carbons (Fsp3) is 0.227. The molecule has 0 unspecified atom stereocenters. The Bertz CT molecular complexity index is 973. The lowest BCUT2D eigenvalue weighted by atomic mass is 9.71. The number of alkyl halides is 1. The number of carbonyl (C=O) groups is 1. The first-order valence-corrected chi connectivity index (χ1v) is 11.2. The number of amides is 1. The second kappa shape index (κ2) is 7.36. The average Bonchev–Trinajstić information content (AvgIpc) is 3.18. The number of rotatable bonds is 4. The number of fused-ring (bicyclic) bond motifs is 1. The zero-order valence-electron chi connectivity index (χ0n) is 14.9. The van der Waals surface area contributed by atoms with E-state index in [1.54, 1.807) is 12.1 Å². The average molecular weight is 491 g/mol. The smallest absolute Gasteiger partial charge is 0.265 e. The van der Waals surface area contributed by atoms with E-state index < -0.39 is 0 Å². The number of halogens is 2. The minimum atomic E-state index is -0.285. The molecule has 1 aliphatic heterocycles. The van der Waals surface area contributed by atoms with Crippen LogP contribution in [0.25, 0.3) is 0 Å². The van der Waals surface area contributed by atoms with Gasteiger partial charge in [0.05, 0.1) is 10.9 Å². The molecular formula is C22H19FINOS. The van der Waals surface area contributed by atoms with Crippen molar-refractivity contribution in [3.8, 4) is 0 Å². The Labute approximate surface area is 176 Å². The molecule has 1 aromatic heterocycles. The Hall–Kier alpha value is -1.73. The topological polar surface area (TPSA) is 20.3 Å². The van der Waals surface area contributed by atoms with Gasteiger partial charge in [0.1, 0.15) is 5.82 Å². The van der Waals surface area contributed by atoms with E-state index in [0.29, 0.717) is 6.54 Å². The Morgan fingerprint density at radius 3 is 2.63 bits per heavy atom. The maximum Gasteiger partial charge on any atom is 0.265 e. The van der Waals surface area contributed by atoms with Crippen LogP contribution in [0.1, 0.15) is 39.3 Å². The highest BCUT2D eigenvalue weighted by atomic mass is 127. The highest BCUT2D eigenvalue weighted by Crippen LogP contribution is 2.50. The normalized spacial score (nSPS) is 22.0. The number of thiophene rings is 1. The van der Waals surface area contributed by atoms with E-state index in [1.807, 2.05) is 46.7 Å². The van der Waals surface area contributed by atoms with Gasteiger partial charge in [0, 0.05) is 16.4 Å². The van der Waals surface area contributed by atoms with Crippen LogP contribution in [-0.2, 0) is 12.0 Å². The molecule has 0 fully saturated rings. The van der Waals surface area contributed by atoms with Crippen molar-refractivity contribution in [1.82, 2.24) is 4.90 Å². The van der Waals surface area contributed by atoms with Gasteiger partial charge in [-0.2, -0.15) is 0 Å². The molecule has 0 saturated carbocycles. The SMILES string of the molecule is C[C@@]1(CI)c2ccsc2C(=O)N(Cc2ccccc2)[C@@H]1c1cccc(F)c1. The lowest BCUT2D eigenvalue weighted by molar-refractivity contribution is 0.0524. The fourth-order valence-electron chi connectivity index (χ4n) is 3.98. The van der Waals surface area contributed by atoms with Gasteiger partial charge in [-0.05, 0) is 40.3 Å². The number of hydrogen-bond donors (Lipinski definition) is 0. The van der Waals surface area contributed by atoms with E-state index in [-0.39, 0.29) is 23.2 Å². The molecule has 0 spiro atoms. The zero-order chi connectivity index (χ0) is 19.0. The molecule has 1 amide bonds. The van der Waals surface area contributed by atoms with Crippen LogP contribution in [0.2, 0.25) is 0 Å². The summed E-state index contributed by atoms with van der Waals surface area (Å²) < 4.78 is 14.9. The molecule has 4 rings (SSSR count). The zero-order valence-corrected chi connectivity index (χ0v) is 17.8. The van der Waals surface area contributed by atoms with Crippen LogP contribution >= 0.6 is 33.9 Å². The van der Waals surface area contributed by atoms with Gasteiger partial charge in [0.2, 0.25) is 0 Å². The molecule has 27 heavy (non-hydrogen) atoms. The summed E-state index contributed by atoms with van der Waals surface area (Å²) >= 11 is 3.89. The van der Waals surface area contributed by atoms with Crippen LogP contribution in [0.5, 0.6) is 0 Å². The molecule has 0 aliphatic carbocycles. The highest BCUT2D eigenvalue weighted by molar-refractivity contribution is 14.1. The number of nitrogens with zero attached hydrogens (tertiary/aromatic N) is 1. The van der Waals surface area contributed by atoms with Crippen LogP contribution in [0.3, 0.4) is 0 Å². The molecule has 2 aromatic carbocycles. The van der Waals surface area contributed by atoms with Crippen molar-refractivity contribution in [2.24, 2.45) is 0 Å². The van der Waals surface area contributed by atoms with Crippen LogP contribution in [0.15, 0.2) is 66.0 Å². The van der Waals surface area contributed by atoms with Crippen LogP contribution in [-0.4, -0.2) is 15.2 Å². The van der Waals surface area contributed by atoms with Crippen molar-refractivity contribution in [3.05, 3.63) is 93.4 Å². The lowest BCUT2D eigenvalue weighted by Crippen LogP contribution is -2.50. The van der Waals surface area contributed by atoms with Gasteiger partial charge < -0.3 is 4.90 Å². The summed E-state index contributed by atoms with van der Waals surface area (Å²) in [6, 6.07) is 18.5. The summed E-state index contributed by atoms with van der Waals surface area (Å²) in [6.07, 6.45) is 0. The monoisotopic (exact) mass is 491 g/mol. The van der Waals surface area contributed by atoms with Crippen molar-refractivity contribution in [3.63, 3.8) is 0 Å². The predicted octanol–water partition coefficient (Wildman–Crippen LogP) is 5.98. The largest absolute Gasteiger partial charge is 0.326 e. The van der Waals surface area contributed by atoms with Gasteiger partial charge in [-0.15, -0.1) is 11.3 Å². The van der Waals surface area contributed by atoms with E-state index in [4.69, 9.17) is 0 Å². The third-order valence-electron chi connectivity index (χ3n) is 5.29. The molecule has 0 N–H and O–H groups in total. The molecule has 138 valence electrons. The third kappa shape index (κ3) is 3.21. The summed E-state index contributed by atoms with van der Waals surface area (Å²) in [4.78, 5) is 16.1. The molecule has 2 nitrogen and oxygen atoms in total. The number of carbonyl (C=O) groups excluding carboxylic acids is 1. The van der Waals surface area contributed by atoms with Crippen molar-refractivity contribution in [2.75, 3.05) is 4.43 Å². The van der Waals surface area contributed by atoms with Crippen molar-refractivity contribution >= 4 is 39.8 Å². The molecule has 1 aliphatic rings. The van der Waals surface area contributed by atoms with E-state index >= 15 is 0 Å². The fourth-order valence-corrected chi connectivity index (χ4v) is 5.79. The van der Waals surface area contributed by atoms with Crippen LogP contribution in [0.4, 0.5) is 4.39 Å². The van der Waals surface area contributed by atoms with Crippen LogP contribution in [0, 0.1) is 5.82 Å². The first kappa shape index (κ1) is 18.6. The van der Waals surface area contributed by atoms with E-state index in [1.165, 1.54) is 17.4 Å². The number of hydrogen-bond acceptors (Lipinski definition) is 2. The third-order valence-corrected chi connectivity index (χ3v) is 7.78. The quantitative estimate of drug-likeness (QED) is 0.325.